The van der Waals surface area contributed by atoms with Gasteiger partial charge in [-0.3, -0.25) is 4.79 Å². The van der Waals surface area contributed by atoms with E-state index >= 15 is 0 Å². The molecule has 0 aliphatic rings. The molecule has 112 valence electrons. The third-order valence-electron chi connectivity index (χ3n) is 2.85. The van der Waals surface area contributed by atoms with Gasteiger partial charge in [0.15, 0.2) is 5.69 Å². The number of nitrogens with one attached hydrogen (secondary N) is 1. The topological polar surface area (TPSA) is 112 Å². The number of carbonyl (C=O) groups is 2. The van der Waals surface area contributed by atoms with Crippen molar-refractivity contribution in [2.24, 2.45) is 5.73 Å². The first-order chi connectivity index (χ1) is 9.56. The molecular formula is C12H21N5O3. The van der Waals surface area contributed by atoms with Crippen molar-refractivity contribution in [1.29, 1.82) is 0 Å². The van der Waals surface area contributed by atoms with Gasteiger partial charge in [0, 0.05) is 13.0 Å². The number of amides is 1. The Hall–Kier alpha value is -1.96. The fraction of sp³-hybridized carbons (Fsp3) is 0.667. The van der Waals surface area contributed by atoms with E-state index in [2.05, 4.69) is 20.4 Å². The van der Waals surface area contributed by atoms with Crippen LogP contribution in [0.5, 0.6) is 0 Å². The van der Waals surface area contributed by atoms with Crippen LogP contribution >= 0.6 is 0 Å². The molecule has 3 N–H and O–H groups in total. The zero-order valence-electron chi connectivity index (χ0n) is 12.0. The number of rotatable bonds is 7. The molecule has 8 heteroatoms. The van der Waals surface area contributed by atoms with Crippen LogP contribution in [-0.2, 0) is 16.0 Å². The summed E-state index contributed by atoms with van der Waals surface area (Å²) >= 11 is 0. The summed E-state index contributed by atoms with van der Waals surface area (Å²) in [4.78, 5) is 23.6. The summed E-state index contributed by atoms with van der Waals surface area (Å²) in [5.41, 5.74) is 6.15. The number of aromatic nitrogens is 3. The smallest absolute Gasteiger partial charge is 0.360 e. The first-order valence-electron chi connectivity index (χ1n) is 6.56. The van der Waals surface area contributed by atoms with Crippen molar-refractivity contribution in [3.63, 3.8) is 0 Å². The second kappa shape index (κ2) is 7.59. The minimum absolute atomic E-state index is 0.105. The molecule has 0 aliphatic carbocycles. The van der Waals surface area contributed by atoms with Crippen LogP contribution in [0, 0.1) is 0 Å². The first kappa shape index (κ1) is 16.1. The summed E-state index contributed by atoms with van der Waals surface area (Å²) in [5, 5.41) is 10.5. The van der Waals surface area contributed by atoms with E-state index in [-0.39, 0.29) is 11.6 Å². The number of esters is 1. The summed E-state index contributed by atoms with van der Waals surface area (Å²) in [7, 11) is 1.27. The zero-order valence-corrected chi connectivity index (χ0v) is 12.0. The van der Waals surface area contributed by atoms with Crippen molar-refractivity contribution in [1.82, 2.24) is 20.3 Å². The molecule has 0 fully saturated rings. The molecule has 1 atom stereocenters. The van der Waals surface area contributed by atoms with Crippen molar-refractivity contribution in [3.05, 3.63) is 11.4 Å². The van der Waals surface area contributed by atoms with Crippen molar-refractivity contribution < 1.29 is 14.3 Å². The summed E-state index contributed by atoms with van der Waals surface area (Å²) in [6.07, 6.45) is 1.24. The SMILES string of the molecule is CCCNC(=O)C(C)n1nnc(C(=O)OC)c1CCN. The number of nitrogens with two attached hydrogens (primary N) is 1. The Morgan fingerprint density at radius 2 is 2.20 bits per heavy atom. The fourth-order valence-electron chi connectivity index (χ4n) is 1.76. The van der Waals surface area contributed by atoms with Crippen molar-refractivity contribution in [3.8, 4) is 0 Å². The van der Waals surface area contributed by atoms with E-state index in [1.807, 2.05) is 6.92 Å². The first-order valence-corrected chi connectivity index (χ1v) is 6.56. The van der Waals surface area contributed by atoms with E-state index in [1.165, 1.54) is 11.8 Å². The fourth-order valence-corrected chi connectivity index (χ4v) is 1.76. The molecule has 0 bridgehead atoms. The van der Waals surface area contributed by atoms with Crippen molar-refractivity contribution in [2.75, 3.05) is 20.2 Å². The third-order valence-corrected chi connectivity index (χ3v) is 2.85. The van der Waals surface area contributed by atoms with Gasteiger partial charge in [0.05, 0.1) is 12.8 Å². The zero-order chi connectivity index (χ0) is 15.1. The van der Waals surface area contributed by atoms with Gasteiger partial charge in [0.2, 0.25) is 5.91 Å². The van der Waals surface area contributed by atoms with E-state index < -0.39 is 12.0 Å². The highest BCUT2D eigenvalue weighted by Gasteiger charge is 2.25. The van der Waals surface area contributed by atoms with Crippen LogP contribution in [-0.4, -0.2) is 47.1 Å². The van der Waals surface area contributed by atoms with Gasteiger partial charge < -0.3 is 15.8 Å². The number of nitrogens with zero attached hydrogens (tertiary/aromatic N) is 3. The van der Waals surface area contributed by atoms with Gasteiger partial charge in [-0.05, 0) is 19.9 Å². The highest BCUT2D eigenvalue weighted by Crippen LogP contribution is 2.14. The predicted molar refractivity (Wildman–Crippen MR) is 72.1 cm³/mol. The molecule has 0 saturated carbocycles. The monoisotopic (exact) mass is 283 g/mol. The minimum Gasteiger partial charge on any atom is -0.464 e. The predicted octanol–water partition coefficient (Wildman–Crippen LogP) is -0.347. The van der Waals surface area contributed by atoms with Crippen LogP contribution < -0.4 is 11.1 Å². The second-order valence-electron chi connectivity index (χ2n) is 4.33. The van der Waals surface area contributed by atoms with Gasteiger partial charge in [-0.15, -0.1) is 5.10 Å². The maximum Gasteiger partial charge on any atom is 0.360 e. The molecule has 20 heavy (non-hydrogen) atoms. The standard InChI is InChI=1S/C12H21N5O3/c1-4-7-14-11(18)8(2)17-9(5-6-13)10(15-16-17)12(19)20-3/h8H,4-7,13H2,1-3H3,(H,14,18). The average Bonchev–Trinajstić information content (AvgIpc) is 2.87. The Bertz CT molecular complexity index is 472. The Labute approximate surface area is 117 Å². The lowest BCUT2D eigenvalue weighted by Gasteiger charge is -2.14. The van der Waals surface area contributed by atoms with Gasteiger partial charge in [-0.2, -0.15) is 0 Å². The molecule has 1 unspecified atom stereocenters. The van der Waals surface area contributed by atoms with E-state index in [0.717, 1.165) is 6.42 Å². The van der Waals surface area contributed by atoms with Crippen molar-refractivity contribution >= 4 is 11.9 Å². The van der Waals surface area contributed by atoms with Gasteiger partial charge in [0.1, 0.15) is 6.04 Å². The Morgan fingerprint density at radius 3 is 2.75 bits per heavy atom. The maximum atomic E-state index is 12.0. The third kappa shape index (κ3) is 3.53. The van der Waals surface area contributed by atoms with Crippen LogP contribution in [0.25, 0.3) is 0 Å². The Kier molecular flexibility index (Phi) is 6.10. The van der Waals surface area contributed by atoms with E-state index in [4.69, 9.17) is 5.73 Å². The molecule has 1 amide bonds. The van der Waals surface area contributed by atoms with E-state index in [1.54, 1.807) is 6.92 Å². The lowest BCUT2D eigenvalue weighted by Crippen LogP contribution is -2.33. The number of methoxy groups -OCH3 is 1. The Morgan fingerprint density at radius 1 is 1.50 bits per heavy atom. The summed E-state index contributed by atoms with van der Waals surface area (Å²) < 4.78 is 6.07. The molecule has 1 rings (SSSR count). The molecule has 1 aromatic rings. The van der Waals surface area contributed by atoms with Gasteiger partial charge in [0.25, 0.3) is 0 Å². The largest absolute Gasteiger partial charge is 0.464 e. The van der Waals surface area contributed by atoms with Crippen LogP contribution in [0.4, 0.5) is 0 Å². The van der Waals surface area contributed by atoms with Gasteiger partial charge >= 0.3 is 5.97 Å². The number of carbonyl (C=O) groups excluding carboxylic acids is 2. The minimum atomic E-state index is -0.583. The molecule has 8 nitrogen and oxygen atoms in total. The molecule has 0 radical (unpaired) electrons. The van der Waals surface area contributed by atoms with Crippen LogP contribution in [0.3, 0.4) is 0 Å². The van der Waals surface area contributed by atoms with E-state index in [9.17, 15) is 9.59 Å². The van der Waals surface area contributed by atoms with Crippen LogP contribution in [0.2, 0.25) is 0 Å². The van der Waals surface area contributed by atoms with Crippen molar-refractivity contribution in [2.45, 2.75) is 32.7 Å². The average molecular weight is 283 g/mol. The van der Waals surface area contributed by atoms with Crippen LogP contribution in [0.15, 0.2) is 0 Å². The van der Waals surface area contributed by atoms with E-state index in [0.29, 0.717) is 25.2 Å². The second-order valence-corrected chi connectivity index (χ2v) is 4.33. The van der Waals surface area contributed by atoms with Crippen LogP contribution in [0.1, 0.15) is 42.5 Å². The van der Waals surface area contributed by atoms with Gasteiger partial charge in [-0.1, -0.05) is 12.1 Å². The number of hydrogen-bond acceptors (Lipinski definition) is 6. The molecule has 1 aromatic heterocycles. The Balaban J connectivity index is 3.01. The quantitative estimate of drug-likeness (QED) is 0.662. The molecule has 0 aromatic carbocycles. The highest BCUT2D eigenvalue weighted by atomic mass is 16.5. The van der Waals surface area contributed by atoms with Gasteiger partial charge in [-0.25, -0.2) is 9.48 Å². The summed E-state index contributed by atoms with van der Waals surface area (Å²) in [6.45, 7) is 4.57. The summed E-state index contributed by atoms with van der Waals surface area (Å²) in [5.74, 6) is -0.757. The molecular weight excluding hydrogens is 262 g/mol. The normalized spacial score (nSPS) is 12.0. The number of hydrogen-bond donors (Lipinski definition) is 2. The molecule has 0 spiro atoms. The summed E-state index contributed by atoms with van der Waals surface area (Å²) in [6, 6.07) is -0.561. The highest BCUT2D eigenvalue weighted by molar-refractivity contribution is 5.88. The lowest BCUT2D eigenvalue weighted by molar-refractivity contribution is -0.124. The molecule has 0 aliphatic heterocycles. The number of ether oxygens (including phenoxy) is 1. The molecule has 1 heterocycles. The lowest BCUT2D eigenvalue weighted by atomic mass is 10.2. The molecule has 0 saturated heterocycles. The maximum absolute atomic E-state index is 12.0.